The zero-order valence-electron chi connectivity index (χ0n) is 23.6. The van der Waals surface area contributed by atoms with Crippen LogP contribution in [0, 0.1) is 5.82 Å². The Balaban J connectivity index is 1.52. The number of carbonyl (C=O) groups excluding carboxylic acids is 2. The fourth-order valence-corrected chi connectivity index (χ4v) is 6.37. The minimum Gasteiger partial charge on any atom is -0.497 e. The molecule has 3 heterocycles. The third kappa shape index (κ3) is 6.17. The summed E-state index contributed by atoms with van der Waals surface area (Å²) in [6.07, 6.45) is 3.34. The maximum Gasteiger partial charge on any atom is 0.240 e. The molecule has 1 N–H and O–H groups in total. The van der Waals surface area contributed by atoms with Gasteiger partial charge in [0, 0.05) is 35.1 Å². The van der Waals surface area contributed by atoms with Gasteiger partial charge in [-0.3, -0.25) is 19.5 Å². The van der Waals surface area contributed by atoms with Crippen LogP contribution in [0.5, 0.6) is 5.75 Å². The monoisotopic (exact) mass is 627 g/mol. The van der Waals surface area contributed by atoms with Crippen molar-refractivity contribution in [3.05, 3.63) is 125 Å². The lowest BCUT2D eigenvalue weighted by atomic mass is 9.99. The number of aromatic nitrogens is 3. The van der Waals surface area contributed by atoms with Gasteiger partial charge in [-0.1, -0.05) is 41.9 Å². The average Bonchev–Trinajstić information content (AvgIpc) is 3.37. The molecule has 0 fully saturated rings. The normalized spacial score (nSPS) is 14.6. The zero-order valence-corrected chi connectivity index (χ0v) is 25.2. The minimum absolute atomic E-state index is 0.0925. The molecule has 0 saturated carbocycles. The summed E-state index contributed by atoms with van der Waals surface area (Å²) in [4.78, 5) is 32.8. The molecule has 3 aromatic carbocycles. The highest BCUT2D eigenvalue weighted by Gasteiger charge is 2.37. The fourth-order valence-electron chi connectivity index (χ4n) is 5.05. The zero-order chi connectivity index (χ0) is 30.6. The second-order valence-corrected chi connectivity index (χ2v) is 11.6. The van der Waals surface area contributed by atoms with Gasteiger partial charge < -0.3 is 10.1 Å². The molecule has 11 heteroatoms. The van der Waals surface area contributed by atoms with Crippen molar-refractivity contribution in [2.75, 3.05) is 24.3 Å². The molecule has 0 unspecified atom stereocenters. The quantitative estimate of drug-likeness (QED) is 0.220. The van der Waals surface area contributed by atoms with E-state index in [1.165, 1.54) is 28.8 Å². The van der Waals surface area contributed by atoms with Gasteiger partial charge in [0.05, 0.1) is 29.5 Å². The van der Waals surface area contributed by atoms with Crippen molar-refractivity contribution >= 4 is 41.0 Å². The number of hydrogen-bond donors (Lipinski definition) is 1. The summed E-state index contributed by atoms with van der Waals surface area (Å²) in [5.41, 5.74) is 4.43. The number of ether oxygens (including phenoxy) is 1. The summed E-state index contributed by atoms with van der Waals surface area (Å²) < 4.78 is 21.1. The Morgan fingerprint density at radius 2 is 1.82 bits per heavy atom. The van der Waals surface area contributed by atoms with Gasteiger partial charge in [-0.05, 0) is 65.7 Å². The van der Waals surface area contributed by atoms with Crippen LogP contribution >= 0.6 is 23.4 Å². The van der Waals surface area contributed by atoms with Crippen LogP contribution in [-0.4, -0.2) is 46.0 Å². The molecule has 6 rings (SSSR count). The summed E-state index contributed by atoms with van der Waals surface area (Å²) in [6, 6.07) is 24.5. The van der Waals surface area contributed by atoms with Crippen molar-refractivity contribution in [2.24, 2.45) is 0 Å². The van der Waals surface area contributed by atoms with Crippen molar-refractivity contribution in [1.29, 1.82) is 0 Å². The van der Waals surface area contributed by atoms with Gasteiger partial charge in [-0.15, -0.1) is 11.8 Å². The first kappa shape index (κ1) is 29.4. The van der Waals surface area contributed by atoms with Crippen molar-refractivity contribution in [3.63, 3.8) is 0 Å². The van der Waals surface area contributed by atoms with Crippen LogP contribution < -0.4 is 15.0 Å². The van der Waals surface area contributed by atoms with E-state index in [-0.39, 0.29) is 36.5 Å². The number of methoxy groups -OCH3 is 1. The van der Waals surface area contributed by atoms with E-state index in [1.54, 1.807) is 66.6 Å². The molecule has 2 amide bonds. The van der Waals surface area contributed by atoms with Crippen LogP contribution in [0.2, 0.25) is 5.02 Å². The van der Waals surface area contributed by atoms with Gasteiger partial charge in [0.15, 0.2) is 0 Å². The fraction of sp³-hybridized carbons (Fsp3) is 0.152. The van der Waals surface area contributed by atoms with E-state index in [2.05, 4.69) is 10.3 Å². The van der Waals surface area contributed by atoms with E-state index in [9.17, 15) is 14.0 Å². The first-order chi connectivity index (χ1) is 21.4. The van der Waals surface area contributed by atoms with Crippen molar-refractivity contribution in [2.45, 2.75) is 11.8 Å². The molecular weight excluding hydrogens is 601 g/mol. The maximum absolute atomic E-state index is 14.0. The number of anilines is 1. The van der Waals surface area contributed by atoms with Crippen LogP contribution in [0.15, 0.2) is 97.3 Å². The maximum atomic E-state index is 14.0. The topological polar surface area (TPSA) is 89.3 Å². The highest BCUT2D eigenvalue weighted by atomic mass is 35.5. The number of fused-ring (bicyclic) bond motifs is 1. The number of thioether (sulfide) groups is 1. The number of pyridine rings is 1. The summed E-state index contributed by atoms with van der Waals surface area (Å²) in [5.74, 6) is 0.259. The lowest BCUT2D eigenvalue weighted by molar-refractivity contribution is -0.123. The lowest BCUT2D eigenvalue weighted by Gasteiger charge is -2.23. The molecule has 0 aliphatic carbocycles. The summed E-state index contributed by atoms with van der Waals surface area (Å²) in [6.45, 7) is 0.0347. The molecule has 1 aliphatic heterocycles. The van der Waals surface area contributed by atoms with Crippen LogP contribution in [0.3, 0.4) is 0 Å². The van der Waals surface area contributed by atoms with Crippen molar-refractivity contribution < 1.29 is 18.7 Å². The smallest absolute Gasteiger partial charge is 0.240 e. The van der Waals surface area contributed by atoms with Gasteiger partial charge in [-0.2, -0.15) is 5.10 Å². The number of amides is 2. The Bertz CT molecular complexity index is 1780. The Labute approximate surface area is 262 Å². The lowest BCUT2D eigenvalue weighted by Crippen LogP contribution is -2.42. The van der Waals surface area contributed by atoms with Crippen LogP contribution in [0.4, 0.5) is 10.2 Å². The molecule has 0 spiro atoms. The first-order valence-corrected chi connectivity index (χ1v) is 15.2. The van der Waals surface area contributed by atoms with E-state index >= 15 is 0 Å². The van der Waals surface area contributed by atoms with E-state index < -0.39 is 5.25 Å². The second-order valence-electron chi connectivity index (χ2n) is 10.1. The number of benzene rings is 3. The number of hydrogen-bond acceptors (Lipinski definition) is 6. The van der Waals surface area contributed by atoms with E-state index in [1.807, 2.05) is 30.3 Å². The highest BCUT2D eigenvalue weighted by molar-refractivity contribution is 8.00. The molecule has 0 saturated heterocycles. The SMILES string of the molecule is COc1ccc(-n2nc(-c3ccc(Cl)cc3)c3c2N(CC(=O)NCc2cccnc2)C(=O)CS[C@@H]3c2ccc(F)cc2)cc1. The predicted octanol–water partition coefficient (Wildman–Crippen LogP) is 6.22. The largest absolute Gasteiger partial charge is 0.497 e. The molecule has 222 valence electrons. The van der Waals surface area contributed by atoms with Crippen molar-refractivity contribution in [3.8, 4) is 22.7 Å². The van der Waals surface area contributed by atoms with E-state index in [0.29, 0.717) is 28.0 Å². The molecule has 1 atom stereocenters. The summed E-state index contributed by atoms with van der Waals surface area (Å²) in [5, 5.41) is 8.13. The molecule has 0 bridgehead atoms. The Morgan fingerprint density at radius 3 is 2.50 bits per heavy atom. The van der Waals surface area contributed by atoms with Gasteiger partial charge in [0.1, 0.15) is 23.9 Å². The first-order valence-electron chi connectivity index (χ1n) is 13.8. The van der Waals surface area contributed by atoms with Crippen LogP contribution in [-0.2, 0) is 16.1 Å². The standard InChI is InChI=1S/C33H27ClFN5O3S/c1-43-27-14-12-26(13-15-27)40-33-30(31(38-40)22-4-8-24(34)9-5-22)32(23-6-10-25(35)11-7-23)44-20-29(42)39(33)19-28(41)37-18-21-3-2-16-36-17-21/h2-17,32H,18-20H2,1H3,(H,37,41)/t32-/m1/s1. The summed E-state index contributed by atoms with van der Waals surface area (Å²) >= 11 is 7.64. The molecule has 2 aromatic heterocycles. The number of nitrogens with zero attached hydrogens (tertiary/aromatic N) is 4. The highest BCUT2D eigenvalue weighted by Crippen LogP contribution is 2.48. The van der Waals surface area contributed by atoms with Crippen molar-refractivity contribution in [1.82, 2.24) is 20.1 Å². The van der Waals surface area contributed by atoms with Gasteiger partial charge in [0.25, 0.3) is 0 Å². The van der Waals surface area contributed by atoms with E-state index in [0.717, 1.165) is 22.3 Å². The molecule has 1 aliphatic rings. The van der Waals surface area contributed by atoms with Gasteiger partial charge in [0.2, 0.25) is 11.8 Å². The minimum atomic E-state index is -0.393. The number of rotatable bonds is 8. The van der Waals surface area contributed by atoms with E-state index in [4.69, 9.17) is 21.4 Å². The average molecular weight is 628 g/mol. The second kappa shape index (κ2) is 12.9. The van der Waals surface area contributed by atoms with Gasteiger partial charge >= 0.3 is 0 Å². The Morgan fingerprint density at radius 1 is 1.07 bits per heavy atom. The predicted molar refractivity (Wildman–Crippen MR) is 170 cm³/mol. The molecule has 5 aromatic rings. The number of carbonyl (C=O) groups is 2. The molecule has 44 heavy (non-hydrogen) atoms. The number of nitrogens with one attached hydrogen (secondary N) is 1. The third-order valence-electron chi connectivity index (χ3n) is 7.21. The van der Waals surface area contributed by atoms with Crippen LogP contribution in [0.1, 0.15) is 21.9 Å². The van der Waals surface area contributed by atoms with Crippen LogP contribution in [0.25, 0.3) is 16.9 Å². The number of halogens is 2. The Hall–Kier alpha value is -4.67. The Kier molecular flexibility index (Phi) is 8.63. The molecule has 0 radical (unpaired) electrons. The molecular formula is C33H27ClFN5O3S. The molecule has 8 nitrogen and oxygen atoms in total. The summed E-state index contributed by atoms with van der Waals surface area (Å²) in [7, 11) is 1.59. The third-order valence-corrected chi connectivity index (χ3v) is 8.72. The van der Waals surface area contributed by atoms with Gasteiger partial charge in [-0.25, -0.2) is 9.07 Å².